The van der Waals surface area contributed by atoms with Gasteiger partial charge in [0.15, 0.2) is 0 Å². The van der Waals surface area contributed by atoms with Gasteiger partial charge in [0.05, 0.1) is 12.1 Å². The van der Waals surface area contributed by atoms with Gasteiger partial charge in [-0.2, -0.15) is 11.8 Å². The number of carbonyl (C=O) groups is 2. The summed E-state index contributed by atoms with van der Waals surface area (Å²) in [6.07, 6.45) is 2.71. The predicted molar refractivity (Wildman–Crippen MR) is 135 cm³/mol. The molecule has 2 aliphatic heterocycles. The summed E-state index contributed by atoms with van der Waals surface area (Å²) in [5, 5.41) is 24.8. The lowest BCUT2D eigenvalue weighted by Crippen LogP contribution is -2.37. The minimum absolute atomic E-state index is 0.0504. The minimum atomic E-state index is -0.637. The van der Waals surface area contributed by atoms with Crippen LogP contribution in [0.1, 0.15) is 25.7 Å². The first-order valence-electron chi connectivity index (χ1n) is 12.0. The quantitative estimate of drug-likeness (QED) is 0.219. The van der Waals surface area contributed by atoms with E-state index in [1.165, 1.54) is 0 Å². The van der Waals surface area contributed by atoms with Gasteiger partial charge in [-0.1, -0.05) is 42.8 Å². The molecule has 5 N–H and O–H groups in total. The van der Waals surface area contributed by atoms with Gasteiger partial charge in [-0.3, -0.25) is 4.79 Å². The summed E-state index contributed by atoms with van der Waals surface area (Å²) in [4.78, 5) is 23.5. The molecule has 184 valence electrons. The third-order valence-corrected chi connectivity index (χ3v) is 7.77. The second-order valence-corrected chi connectivity index (χ2v) is 10.1. The van der Waals surface area contributed by atoms with Crippen LogP contribution >= 0.6 is 11.8 Å². The van der Waals surface area contributed by atoms with Crippen molar-refractivity contribution in [3.8, 4) is 5.75 Å². The van der Waals surface area contributed by atoms with Crippen LogP contribution in [0.5, 0.6) is 5.75 Å². The summed E-state index contributed by atoms with van der Waals surface area (Å²) in [5.41, 5.74) is 0. The predicted octanol–water partition coefficient (Wildman–Crippen LogP) is 2.01. The van der Waals surface area contributed by atoms with Crippen molar-refractivity contribution in [2.45, 2.75) is 49.1 Å². The van der Waals surface area contributed by atoms with Gasteiger partial charge in [-0.05, 0) is 24.3 Å². The van der Waals surface area contributed by atoms with E-state index in [1.54, 1.807) is 0 Å². The smallest absolute Gasteiger partial charge is 0.315 e. The normalized spacial score (nSPS) is 22.1. The van der Waals surface area contributed by atoms with E-state index in [0.717, 1.165) is 41.5 Å². The molecule has 9 heteroatoms. The molecule has 0 radical (unpaired) electrons. The van der Waals surface area contributed by atoms with Gasteiger partial charge in [0.2, 0.25) is 5.91 Å². The number of amides is 3. The van der Waals surface area contributed by atoms with Crippen molar-refractivity contribution >= 4 is 34.5 Å². The average molecular weight is 487 g/mol. The highest BCUT2D eigenvalue weighted by molar-refractivity contribution is 8.00. The second-order valence-electron chi connectivity index (χ2n) is 8.86. The maximum absolute atomic E-state index is 12.0. The highest BCUT2D eigenvalue weighted by Gasteiger charge is 2.42. The van der Waals surface area contributed by atoms with Gasteiger partial charge in [-0.25, -0.2) is 4.79 Å². The number of hydrogen-bond donors (Lipinski definition) is 5. The van der Waals surface area contributed by atoms with E-state index in [2.05, 4.69) is 21.3 Å². The number of aliphatic hydroxyl groups excluding tert-OH is 1. The molecular weight excluding hydrogens is 452 g/mol. The molecule has 2 saturated heterocycles. The van der Waals surface area contributed by atoms with Crippen LogP contribution in [0.3, 0.4) is 0 Å². The Morgan fingerprint density at radius 2 is 2.00 bits per heavy atom. The number of thioether (sulfide) groups is 1. The summed E-state index contributed by atoms with van der Waals surface area (Å²) in [6.45, 7) is 1.71. The summed E-state index contributed by atoms with van der Waals surface area (Å²) >= 11 is 1.90. The third kappa shape index (κ3) is 6.77. The first-order chi connectivity index (χ1) is 16.6. The average Bonchev–Trinajstić information content (AvgIpc) is 3.39. The van der Waals surface area contributed by atoms with Crippen molar-refractivity contribution in [3.05, 3.63) is 42.5 Å². The number of ether oxygens (including phenoxy) is 1. The topological polar surface area (TPSA) is 112 Å². The molecule has 2 heterocycles. The van der Waals surface area contributed by atoms with Crippen LogP contribution in [0.4, 0.5) is 4.79 Å². The molecule has 0 spiro atoms. The molecule has 2 aromatic carbocycles. The van der Waals surface area contributed by atoms with Crippen molar-refractivity contribution < 1.29 is 19.4 Å². The molecule has 0 bridgehead atoms. The summed E-state index contributed by atoms with van der Waals surface area (Å²) in [5.74, 6) is 1.78. The Morgan fingerprint density at radius 3 is 2.91 bits per heavy atom. The Hall–Kier alpha value is -2.49. The molecule has 2 fully saturated rings. The number of hydrogen-bond acceptors (Lipinski definition) is 6. The highest BCUT2D eigenvalue weighted by atomic mass is 32.2. The molecule has 8 nitrogen and oxygen atoms in total. The van der Waals surface area contributed by atoms with E-state index in [0.29, 0.717) is 31.3 Å². The van der Waals surface area contributed by atoms with E-state index in [1.807, 2.05) is 54.2 Å². The number of aliphatic hydroxyl groups is 1. The lowest BCUT2D eigenvalue weighted by atomic mass is 10.0. The van der Waals surface area contributed by atoms with Gasteiger partial charge in [-0.15, -0.1) is 0 Å². The third-order valence-electron chi connectivity index (χ3n) is 6.27. The molecule has 0 aromatic heterocycles. The second kappa shape index (κ2) is 12.3. The molecule has 34 heavy (non-hydrogen) atoms. The largest absolute Gasteiger partial charge is 0.490 e. The Bertz CT molecular complexity index is 970. The van der Waals surface area contributed by atoms with Crippen LogP contribution in [0, 0.1) is 0 Å². The van der Waals surface area contributed by atoms with Crippen molar-refractivity contribution in [2.75, 3.05) is 32.0 Å². The highest BCUT2D eigenvalue weighted by Crippen LogP contribution is 2.33. The van der Waals surface area contributed by atoms with E-state index < -0.39 is 6.10 Å². The van der Waals surface area contributed by atoms with E-state index in [4.69, 9.17) is 4.74 Å². The number of fused-ring (bicyclic) bond motifs is 2. The fourth-order valence-electron chi connectivity index (χ4n) is 4.49. The molecule has 1 unspecified atom stereocenters. The van der Waals surface area contributed by atoms with Crippen LogP contribution in [-0.4, -0.2) is 72.5 Å². The van der Waals surface area contributed by atoms with Gasteiger partial charge >= 0.3 is 6.03 Å². The van der Waals surface area contributed by atoms with Crippen molar-refractivity contribution in [3.63, 3.8) is 0 Å². The first-order valence-corrected chi connectivity index (χ1v) is 13.1. The van der Waals surface area contributed by atoms with Crippen molar-refractivity contribution in [1.29, 1.82) is 0 Å². The number of urea groups is 1. The van der Waals surface area contributed by atoms with Crippen LogP contribution in [0.15, 0.2) is 42.5 Å². The molecule has 2 aromatic rings. The molecular formula is C25H34N4O4S. The monoisotopic (exact) mass is 486 g/mol. The number of benzene rings is 2. The molecule has 4 atom stereocenters. The van der Waals surface area contributed by atoms with Gasteiger partial charge in [0.25, 0.3) is 0 Å². The SMILES string of the molecule is O=C(CCCC[C@@H]1SC[C@@H]2NC(=O)N[C@@H]21)NCCNCC(O)COc1cccc2ccccc12. The molecule has 4 rings (SSSR count). The fraction of sp³-hybridized carbons (Fsp3) is 0.520. The molecule has 0 aliphatic carbocycles. The van der Waals surface area contributed by atoms with E-state index >= 15 is 0 Å². The van der Waals surface area contributed by atoms with Gasteiger partial charge < -0.3 is 31.1 Å². The Labute approximate surface area is 204 Å². The summed E-state index contributed by atoms with van der Waals surface area (Å²) < 4.78 is 5.81. The fourth-order valence-corrected chi connectivity index (χ4v) is 6.03. The zero-order valence-electron chi connectivity index (χ0n) is 19.3. The standard InChI is InChI=1S/C25H34N4O4S/c30-18(15-33-21-9-5-7-17-6-1-2-8-19(17)21)14-26-12-13-27-23(31)11-4-3-10-22-24-20(16-34-22)28-25(32)29-24/h1-2,5-9,18,20,22,24,26,30H,3-4,10-16H2,(H,27,31)(H2,28,29,32)/t18?,20-,22-,24-/m0/s1. The van der Waals surface area contributed by atoms with Crippen LogP contribution in [-0.2, 0) is 4.79 Å². The lowest BCUT2D eigenvalue weighted by molar-refractivity contribution is -0.121. The lowest BCUT2D eigenvalue weighted by Gasteiger charge is -2.16. The van der Waals surface area contributed by atoms with Crippen LogP contribution in [0.25, 0.3) is 10.8 Å². The van der Waals surface area contributed by atoms with Gasteiger partial charge in [0, 0.05) is 42.4 Å². The Kier molecular flexibility index (Phi) is 8.90. The van der Waals surface area contributed by atoms with Crippen molar-refractivity contribution in [1.82, 2.24) is 21.3 Å². The molecule has 0 saturated carbocycles. The van der Waals surface area contributed by atoms with Crippen LogP contribution in [0.2, 0.25) is 0 Å². The number of rotatable bonds is 13. The van der Waals surface area contributed by atoms with Crippen LogP contribution < -0.4 is 26.0 Å². The maximum Gasteiger partial charge on any atom is 0.315 e. The Morgan fingerprint density at radius 1 is 1.15 bits per heavy atom. The van der Waals surface area contributed by atoms with Gasteiger partial charge in [0.1, 0.15) is 18.5 Å². The number of nitrogens with one attached hydrogen (secondary N) is 4. The summed E-state index contributed by atoms with van der Waals surface area (Å²) in [6, 6.07) is 14.3. The Balaban J connectivity index is 1.02. The summed E-state index contributed by atoms with van der Waals surface area (Å²) in [7, 11) is 0. The zero-order valence-corrected chi connectivity index (χ0v) is 20.1. The minimum Gasteiger partial charge on any atom is -0.490 e. The molecule has 2 aliphatic rings. The number of unbranched alkanes of at least 4 members (excludes halogenated alkanes) is 1. The zero-order chi connectivity index (χ0) is 23.8. The van der Waals surface area contributed by atoms with E-state index in [9.17, 15) is 14.7 Å². The van der Waals surface area contributed by atoms with E-state index in [-0.39, 0.29) is 30.6 Å². The first kappa shape index (κ1) is 24.6. The van der Waals surface area contributed by atoms with Crippen molar-refractivity contribution in [2.24, 2.45) is 0 Å². The molecule has 3 amide bonds. The number of carbonyl (C=O) groups excluding carboxylic acids is 2. The maximum atomic E-state index is 12.0.